The summed E-state index contributed by atoms with van der Waals surface area (Å²) in [5.41, 5.74) is -1.70. The van der Waals surface area contributed by atoms with Crippen LogP contribution in [0, 0.1) is 5.92 Å². The number of aliphatic hydroxyl groups is 2. The zero-order chi connectivity index (χ0) is 11.5. The third kappa shape index (κ3) is 3.44. The van der Waals surface area contributed by atoms with Crippen LogP contribution >= 0.6 is 0 Å². The van der Waals surface area contributed by atoms with Gasteiger partial charge in [-0.2, -0.15) is 0 Å². The molecule has 5 heteroatoms. The van der Waals surface area contributed by atoms with Crippen LogP contribution in [0.1, 0.15) is 19.8 Å². The molecule has 0 bridgehead atoms. The number of likely N-dealkylation sites (tertiary alicyclic amines) is 1. The minimum absolute atomic E-state index is 0.124. The van der Waals surface area contributed by atoms with Gasteiger partial charge in [0.1, 0.15) is 0 Å². The second-order valence-electron chi connectivity index (χ2n) is 4.50. The Bertz CT molecular complexity index is 229. The normalized spacial score (nSPS) is 27.3. The Balaban J connectivity index is 2.47. The van der Waals surface area contributed by atoms with Gasteiger partial charge in [-0.05, 0) is 32.2 Å². The van der Waals surface area contributed by atoms with E-state index < -0.39 is 11.6 Å². The number of hydrogen-bond acceptors (Lipinski definition) is 4. The molecule has 0 amide bonds. The Kier molecular flexibility index (Phi) is 4.07. The summed E-state index contributed by atoms with van der Waals surface area (Å²) in [6.07, 6.45) is 1.92. The van der Waals surface area contributed by atoms with E-state index >= 15 is 0 Å². The standard InChI is InChI=1S/C10H19NO4/c1-10(15,9(13)14)7-11-4-2-3-8(5-11)6-12/h8,12,15H,2-7H2,1H3,(H,13,14). The van der Waals surface area contributed by atoms with Gasteiger partial charge < -0.3 is 15.3 Å². The van der Waals surface area contributed by atoms with Crippen molar-refractivity contribution in [2.75, 3.05) is 26.2 Å². The molecule has 0 radical (unpaired) electrons. The van der Waals surface area contributed by atoms with Crippen LogP contribution in [-0.4, -0.2) is 58.0 Å². The maximum atomic E-state index is 10.7. The Morgan fingerprint density at radius 2 is 2.27 bits per heavy atom. The number of β-amino-alcohol motifs (C(OH)–C–C–N with tert-alkyl or cyclic N) is 1. The van der Waals surface area contributed by atoms with E-state index in [2.05, 4.69) is 0 Å². The molecule has 0 aromatic carbocycles. The van der Waals surface area contributed by atoms with Crippen LogP contribution in [0.15, 0.2) is 0 Å². The van der Waals surface area contributed by atoms with Crippen molar-refractivity contribution >= 4 is 5.97 Å². The number of nitrogens with zero attached hydrogens (tertiary/aromatic N) is 1. The minimum Gasteiger partial charge on any atom is -0.479 e. The molecule has 0 spiro atoms. The van der Waals surface area contributed by atoms with Crippen LogP contribution in [-0.2, 0) is 4.79 Å². The number of piperidine rings is 1. The number of carbonyl (C=O) groups is 1. The molecule has 88 valence electrons. The first-order valence-electron chi connectivity index (χ1n) is 5.24. The molecule has 1 fully saturated rings. The summed E-state index contributed by atoms with van der Waals surface area (Å²) in [7, 11) is 0. The highest BCUT2D eigenvalue weighted by Gasteiger charge is 2.33. The molecule has 15 heavy (non-hydrogen) atoms. The first kappa shape index (κ1) is 12.4. The van der Waals surface area contributed by atoms with Crippen molar-refractivity contribution in [3.8, 4) is 0 Å². The number of hydrogen-bond donors (Lipinski definition) is 3. The van der Waals surface area contributed by atoms with E-state index in [0.717, 1.165) is 19.4 Å². The van der Waals surface area contributed by atoms with E-state index in [0.29, 0.717) is 6.54 Å². The van der Waals surface area contributed by atoms with Gasteiger partial charge in [0.25, 0.3) is 0 Å². The van der Waals surface area contributed by atoms with Crippen molar-refractivity contribution in [3.63, 3.8) is 0 Å². The highest BCUT2D eigenvalue weighted by Crippen LogP contribution is 2.18. The van der Waals surface area contributed by atoms with Gasteiger partial charge in [0.05, 0.1) is 0 Å². The lowest BCUT2D eigenvalue weighted by Crippen LogP contribution is -2.49. The number of carboxylic acid groups (broad SMARTS) is 1. The van der Waals surface area contributed by atoms with Gasteiger partial charge in [0.2, 0.25) is 0 Å². The molecule has 0 aromatic heterocycles. The Labute approximate surface area is 89.3 Å². The molecule has 1 rings (SSSR count). The predicted molar refractivity (Wildman–Crippen MR) is 54.5 cm³/mol. The van der Waals surface area contributed by atoms with E-state index in [1.54, 1.807) is 0 Å². The molecule has 1 aliphatic heterocycles. The second-order valence-corrected chi connectivity index (χ2v) is 4.50. The van der Waals surface area contributed by atoms with Crippen LogP contribution in [0.4, 0.5) is 0 Å². The molecule has 5 nitrogen and oxygen atoms in total. The number of rotatable bonds is 4. The third-order valence-electron chi connectivity index (χ3n) is 2.85. The fourth-order valence-electron chi connectivity index (χ4n) is 1.95. The second kappa shape index (κ2) is 4.92. The predicted octanol–water partition coefficient (Wildman–Crippen LogP) is -0.474. The quantitative estimate of drug-likeness (QED) is 0.593. The lowest BCUT2D eigenvalue weighted by Gasteiger charge is -2.35. The van der Waals surface area contributed by atoms with Crippen LogP contribution in [0.25, 0.3) is 0 Å². The van der Waals surface area contributed by atoms with E-state index in [9.17, 15) is 9.90 Å². The molecule has 3 N–H and O–H groups in total. The summed E-state index contributed by atoms with van der Waals surface area (Å²) in [6.45, 7) is 3.02. The lowest BCUT2D eigenvalue weighted by atomic mass is 9.97. The van der Waals surface area contributed by atoms with Crippen molar-refractivity contribution in [3.05, 3.63) is 0 Å². The van der Waals surface area contributed by atoms with Gasteiger partial charge in [0, 0.05) is 19.7 Å². The van der Waals surface area contributed by atoms with Gasteiger partial charge >= 0.3 is 5.97 Å². The summed E-state index contributed by atoms with van der Waals surface area (Å²) < 4.78 is 0. The van der Waals surface area contributed by atoms with E-state index in [1.807, 2.05) is 4.90 Å². The molecular formula is C10H19NO4. The van der Waals surface area contributed by atoms with E-state index in [4.69, 9.17) is 10.2 Å². The van der Waals surface area contributed by atoms with Crippen LogP contribution in [0.3, 0.4) is 0 Å². The summed E-state index contributed by atoms with van der Waals surface area (Å²) >= 11 is 0. The summed E-state index contributed by atoms with van der Waals surface area (Å²) in [5, 5.41) is 27.4. The van der Waals surface area contributed by atoms with Gasteiger partial charge in [0.15, 0.2) is 5.60 Å². The van der Waals surface area contributed by atoms with Crippen molar-refractivity contribution < 1.29 is 20.1 Å². The molecule has 2 atom stereocenters. The largest absolute Gasteiger partial charge is 0.479 e. The molecule has 1 aliphatic rings. The Hall–Kier alpha value is -0.650. The number of aliphatic carboxylic acids is 1. The minimum atomic E-state index is -1.70. The van der Waals surface area contributed by atoms with Crippen molar-refractivity contribution in [1.82, 2.24) is 4.90 Å². The SMILES string of the molecule is CC(O)(CN1CCCC(CO)C1)C(=O)O. The van der Waals surface area contributed by atoms with Gasteiger partial charge in [-0.3, -0.25) is 4.90 Å². The van der Waals surface area contributed by atoms with Crippen molar-refractivity contribution in [1.29, 1.82) is 0 Å². The molecular weight excluding hydrogens is 198 g/mol. The molecule has 1 saturated heterocycles. The molecule has 0 aromatic rings. The van der Waals surface area contributed by atoms with E-state index in [-0.39, 0.29) is 19.1 Å². The topological polar surface area (TPSA) is 81.0 Å². The average molecular weight is 217 g/mol. The van der Waals surface area contributed by atoms with Gasteiger partial charge in [-0.1, -0.05) is 0 Å². The smallest absolute Gasteiger partial charge is 0.336 e. The zero-order valence-corrected chi connectivity index (χ0v) is 9.02. The van der Waals surface area contributed by atoms with Crippen molar-refractivity contribution in [2.24, 2.45) is 5.92 Å². The molecule has 1 heterocycles. The number of carboxylic acids is 1. The zero-order valence-electron chi connectivity index (χ0n) is 9.02. The highest BCUT2D eigenvalue weighted by atomic mass is 16.4. The lowest BCUT2D eigenvalue weighted by molar-refractivity contribution is -0.158. The van der Waals surface area contributed by atoms with Gasteiger partial charge in [-0.15, -0.1) is 0 Å². The number of aliphatic hydroxyl groups excluding tert-OH is 1. The Morgan fingerprint density at radius 1 is 1.60 bits per heavy atom. The summed E-state index contributed by atoms with van der Waals surface area (Å²) in [5.74, 6) is -0.989. The summed E-state index contributed by atoms with van der Waals surface area (Å²) in [6, 6.07) is 0. The van der Waals surface area contributed by atoms with Crippen LogP contribution in [0.5, 0.6) is 0 Å². The van der Waals surface area contributed by atoms with Crippen molar-refractivity contribution in [2.45, 2.75) is 25.4 Å². The molecule has 2 unspecified atom stereocenters. The molecule has 0 saturated carbocycles. The maximum absolute atomic E-state index is 10.7. The van der Waals surface area contributed by atoms with Crippen LogP contribution in [0.2, 0.25) is 0 Å². The first-order valence-corrected chi connectivity index (χ1v) is 5.24. The molecule has 0 aliphatic carbocycles. The average Bonchev–Trinajstić information content (AvgIpc) is 2.17. The fourth-order valence-corrected chi connectivity index (χ4v) is 1.95. The Morgan fingerprint density at radius 3 is 2.80 bits per heavy atom. The fraction of sp³-hybridized carbons (Fsp3) is 0.900. The monoisotopic (exact) mass is 217 g/mol. The van der Waals surface area contributed by atoms with Gasteiger partial charge in [-0.25, -0.2) is 4.79 Å². The summed E-state index contributed by atoms with van der Waals surface area (Å²) in [4.78, 5) is 12.6. The van der Waals surface area contributed by atoms with E-state index in [1.165, 1.54) is 6.92 Å². The third-order valence-corrected chi connectivity index (χ3v) is 2.85. The maximum Gasteiger partial charge on any atom is 0.336 e. The highest BCUT2D eigenvalue weighted by molar-refractivity contribution is 5.76. The first-order chi connectivity index (χ1) is 6.95. The van der Waals surface area contributed by atoms with Crippen LogP contribution < -0.4 is 0 Å².